The third-order valence-electron chi connectivity index (χ3n) is 2.63. The van der Waals surface area contributed by atoms with Gasteiger partial charge in [-0.05, 0) is 65.1 Å². The van der Waals surface area contributed by atoms with E-state index in [4.69, 9.17) is 16.6 Å². The van der Waals surface area contributed by atoms with E-state index in [1.807, 2.05) is 16.7 Å². The van der Waals surface area contributed by atoms with Crippen LogP contribution in [-0.2, 0) is 6.54 Å². The molecular formula is C12H9IN2OS. The van der Waals surface area contributed by atoms with Crippen molar-refractivity contribution in [3.63, 3.8) is 0 Å². The molecule has 0 aliphatic heterocycles. The summed E-state index contributed by atoms with van der Waals surface area (Å²) in [4.78, 5) is 3.21. The minimum absolute atomic E-state index is 0.659. The number of H-pyrrole nitrogens is 1. The second kappa shape index (κ2) is 4.30. The van der Waals surface area contributed by atoms with Crippen molar-refractivity contribution in [3.05, 3.63) is 50.7 Å². The molecule has 0 saturated carbocycles. The Morgan fingerprint density at radius 1 is 1.35 bits per heavy atom. The number of furan rings is 1. The van der Waals surface area contributed by atoms with Crippen molar-refractivity contribution in [3.8, 4) is 0 Å². The van der Waals surface area contributed by atoms with Crippen LogP contribution in [0.4, 0.5) is 0 Å². The fraction of sp³-hybridized carbons (Fsp3) is 0.0833. The lowest BCUT2D eigenvalue weighted by Crippen LogP contribution is -1.98. The number of fused-ring (bicyclic) bond motifs is 1. The van der Waals surface area contributed by atoms with Gasteiger partial charge in [0.2, 0.25) is 0 Å². The Morgan fingerprint density at radius 3 is 3.00 bits per heavy atom. The fourth-order valence-corrected chi connectivity index (χ4v) is 2.62. The Bertz CT molecular complexity index is 712. The van der Waals surface area contributed by atoms with Crippen molar-refractivity contribution in [2.75, 3.05) is 0 Å². The van der Waals surface area contributed by atoms with E-state index in [2.05, 4.69) is 45.8 Å². The summed E-state index contributed by atoms with van der Waals surface area (Å²) >= 11 is 7.62. The quantitative estimate of drug-likeness (QED) is 0.557. The zero-order valence-corrected chi connectivity index (χ0v) is 11.8. The fourth-order valence-electron chi connectivity index (χ4n) is 1.85. The first-order valence-corrected chi connectivity index (χ1v) is 6.63. The van der Waals surface area contributed by atoms with E-state index in [9.17, 15) is 0 Å². The van der Waals surface area contributed by atoms with Gasteiger partial charge in [0.15, 0.2) is 4.77 Å². The van der Waals surface area contributed by atoms with Crippen LogP contribution >= 0.6 is 34.8 Å². The summed E-state index contributed by atoms with van der Waals surface area (Å²) in [5, 5.41) is 0. The maximum absolute atomic E-state index is 5.35. The molecule has 5 heteroatoms. The van der Waals surface area contributed by atoms with Crippen molar-refractivity contribution in [1.82, 2.24) is 9.55 Å². The summed E-state index contributed by atoms with van der Waals surface area (Å²) in [7, 11) is 0. The normalized spacial score (nSPS) is 11.1. The third kappa shape index (κ3) is 2.04. The van der Waals surface area contributed by atoms with Crippen molar-refractivity contribution < 1.29 is 4.42 Å². The van der Waals surface area contributed by atoms with Gasteiger partial charge in [0, 0.05) is 3.57 Å². The zero-order chi connectivity index (χ0) is 11.8. The predicted octanol–water partition coefficient (Wildman–Crippen LogP) is 3.94. The van der Waals surface area contributed by atoms with Crippen LogP contribution in [0.15, 0.2) is 41.0 Å². The van der Waals surface area contributed by atoms with Crippen LogP contribution in [0, 0.1) is 8.34 Å². The van der Waals surface area contributed by atoms with Crippen LogP contribution in [-0.4, -0.2) is 9.55 Å². The van der Waals surface area contributed by atoms with Gasteiger partial charge >= 0.3 is 0 Å². The van der Waals surface area contributed by atoms with Gasteiger partial charge in [-0.25, -0.2) is 0 Å². The van der Waals surface area contributed by atoms with Gasteiger partial charge in [0.25, 0.3) is 0 Å². The molecule has 1 aromatic carbocycles. The average molecular weight is 356 g/mol. The topological polar surface area (TPSA) is 33.9 Å². The largest absolute Gasteiger partial charge is 0.467 e. The van der Waals surface area contributed by atoms with Crippen molar-refractivity contribution >= 4 is 45.8 Å². The lowest BCUT2D eigenvalue weighted by atomic mass is 10.3. The number of hydrogen-bond donors (Lipinski definition) is 1. The number of imidazole rings is 1. The highest BCUT2D eigenvalue weighted by Gasteiger charge is 2.06. The van der Waals surface area contributed by atoms with Crippen molar-refractivity contribution in [2.45, 2.75) is 6.54 Å². The zero-order valence-electron chi connectivity index (χ0n) is 8.81. The molecule has 0 saturated heterocycles. The summed E-state index contributed by atoms with van der Waals surface area (Å²) in [5.41, 5.74) is 2.17. The first kappa shape index (κ1) is 11.0. The molecule has 2 heterocycles. The van der Waals surface area contributed by atoms with E-state index in [0.717, 1.165) is 21.6 Å². The van der Waals surface area contributed by atoms with Crippen molar-refractivity contribution in [1.29, 1.82) is 0 Å². The van der Waals surface area contributed by atoms with Crippen molar-refractivity contribution in [2.24, 2.45) is 0 Å². The molecule has 0 atom stereocenters. The number of aromatic amines is 1. The number of hydrogen-bond acceptors (Lipinski definition) is 2. The van der Waals surface area contributed by atoms with Crippen LogP contribution in [0.1, 0.15) is 5.76 Å². The van der Waals surface area contributed by atoms with Crippen LogP contribution < -0.4 is 0 Å². The summed E-state index contributed by atoms with van der Waals surface area (Å²) in [6.07, 6.45) is 1.68. The molecule has 0 bridgehead atoms. The van der Waals surface area contributed by atoms with E-state index in [1.165, 1.54) is 3.57 Å². The highest BCUT2D eigenvalue weighted by molar-refractivity contribution is 14.1. The Kier molecular flexibility index (Phi) is 2.79. The summed E-state index contributed by atoms with van der Waals surface area (Å²) in [6.45, 7) is 0.659. The Balaban J connectivity index is 2.16. The van der Waals surface area contributed by atoms with E-state index in [0.29, 0.717) is 6.54 Å². The van der Waals surface area contributed by atoms with Gasteiger partial charge in [0.1, 0.15) is 5.76 Å². The molecule has 17 heavy (non-hydrogen) atoms. The highest BCUT2D eigenvalue weighted by Crippen LogP contribution is 2.18. The molecule has 0 fully saturated rings. The van der Waals surface area contributed by atoms with Gasteiger partial charge in [-0.3, -0.25) is 0 Å². The molecular weight excluding hydrogens is 347 g/mol. The van der Waals surface area contributed by atoms with Crippen LogP contribution in [0.3, 0.4) is 0 Å². The standard InChI is InChI=1S/C12H9IN2OS/c13-8-3-4-11-10(6-8)14-12(17)15(11)7-9-2-1-5-16-9/h1-6H,7H2,(H,14,17). The molecule has 1 N–H and O–H groups in total. The lowest BCUT2D eigenvalue weighted by molar-refractivity contribution is 0.495. The minimum Gasteiger partial charge on any atom is -0.467 e. The molecule has 3 aromatic rings. The first-order valence-electron chi connectivity index (χ1n) is 5.14. The molecule has 2 aromatic heterocycles. The summed E-state index contributed by atoms with van der Waals surface area (Å²) < 4.78 is 9.31. The average Bonchev–Trinajstić information content (AvgIpc) is 2.88. The van der Waals surface area contributed by atoms with Crippen LogP contribution in [0.2, 0.25) is 0 Å². The van der Waals surface area contributed by atoms with Crippen LogP contribution in [0.5, 0.6) is 0 Å². The van der Waals surface area contributed by atoms with E-state index in [1.54, 1.807) is 6.26 Å². The van der Waals surface area contributed by atoms with E-state index in [-0.39, 0.29) is 0 Å². The second-order valence-electron chi connectivity index (χ2n) is 3.76. The lowest BCUT2D eigenvalue weighted by Gasteiger charge is -2.01. The summed E-state index contributed by atoms with van der Waals surface area (Å²) in [5.74, 6) is 0.903. The molecule has 0 aliphatic carbocycles. The monoisotopic (exact) mass is 356 g/mol. The number of benzene rings is 1. The van der Waals surface area contributed by atoms with E-state index >= 15 is 0 Å². The summed E-state index contributed by atoms with van der Waals surface area (Å²) in [6, 6.07) is 10.1. The van der Waals surface area contributed by atoms with Gasteiger partial charge < -0.3 is 14.0 Å². The number of nitrogens with zero attached hydrogens (tertiary/aromatic N) is 1. The third-order valence-corrected chi connectivity index (χ3v) is 3.62. The molecule has 86 valence electrons. The van der Waals surface area contributed by atoms with Gasteiger partial charge in [-0.15, -0.1) is 0 Å². The molecule has 0 amide bonds. The number of aromatic nitrogens is 2. The van der Waals surface area contributed by atoms with Gasteiger partial charge in [0.05, 0.1) is 23.8 Å². The Hall–Kier alpha value is -1.08. The SMILES string of the molecule is S=c1[nH]c2cc(I)ccc2n1Cc1ccco1. The maximum atomic E-state index is 5.35. The predicted molar refractivity (Wildman–Crippen MR) is 77.6 cm³/mol. The first-order chi connectivity index (χ1) is 8.24. The second-order valence-corrected chi connectivity index (χ2v) is 5.39. The van der Waals surface area contributed by atoms with E-state index < -0.39 is 0 Å². The molecule has 0 spiro atoms. The van der Waals surface area contributed by atoms with Gasteiger partial charge in [-0.1, -0.05) is 0 Å². The maximum Gasteiger partial charge on any atom is 0.178 e. The number of rotatable bonds is 2. The molecule has 0 aliphatic rings. The molecule has 0 unspecified atom stereocenters. The van der Waals surface area contributed by atoms with Gasteiger partial charge in [-0.2, -0.15) is 0 Å². The Labute approximate surface area is 117 Å². The number of halogens is 1. The van der Waals surface area contributed by atoms with Crippen LogP contribution in [0.25, 0.3) is 11.0 Å². The minimum atomic E-state index is 0.659. The molecule has 0 radical (unpaired) electrons. The highest BCUT2D eigenvalue weighted by atomic mass is 127. The smallest absolute Gasteiger partial charge is 0.178 e. The molecule has 3 rings (SSSR count). The molecule has 3 nitrogen and oxygen atoms in total. The number of nitrogens with one attached hydrogen (secondary N) is 1. The Morgan fingerprint density at radius 2 is 2.24 bits per heavy atom.